The molecule has 1 heterocycles. The summed E-state index contributed by atoms with van der Waals surface area (Å²) in [7, 11) is 0. The van der Waals surface area contributed by atoms with Crippen LogP contribution in [0.4, 0.5) is 0 Å². The molecular formula is C20H14Cl2N2. The van der Waals surface area contributed by atoms with Crippen LogP contribution in [0.25, 0.3) is 22.0 Å². The van der Waals surface area contributed by atoms with E-state index in [1.165, 1.54) is 16.3 Å². The largest absolute Gasteiger partial charge is 0.348 e. The molecule has 0 aliphatic rings. The monoisotopic (exact) mass is 352 g/mol. The predicted molar refractivity (Wildman–Crippen MR) is 101 cm³/mol. The summed E-state index contributed by atoms with van der Waals surface area (Å²) >= 11 is 12.2. The van der Waals surface area contributed by atoms with E-state index >= 15 is 0 Å². The third kappa shape index (κ3) is 2.91. The van der Waals surface area contributed by atoms with Crippen molar-refractivity contribution in [3.8, 4) is 11.3 Å². The van der Waals surface area contributed by atoms with Gasteiger partial charge in [-0.25, -0.2) is 4.98 Å². The quantitative estimate of drug-likeness (QED) is 0.472. The molecule has 4 heteroatoms. The van der Waals surface area contributed by atoms with Gasteiger partial charge in [-0.3, -0.25) is 0 Å². The molecule has 4 rings (SSSR count). The maximum Gasteiger partial charge on any atom is 0.111 e. The van der Waals surface area contributed by atoms with E-state index in [0.717, 1.165) is 23.5 Å². The summed E-state index contributed by atoms with van der Waals surface area (Å²) in [5.74, 6) is 0.910. The number of hydrogen-bond donors (Lipinski definition) is 1. The first kappa shape index (κ1) is 15.3. The Hall–Kier alpha value is -2.29. The number of imidazole rings is 1. The molecule has 0 spiro atoms. The lowest BCUT2D eigenvalue weighted by Gasteiger charge is -2.05. The Labute approximate surface area is 150 Å². The summed E-state index contributed by atoms with van der Waals surface area (Å²) in [5, 5.41) is 3.71. The molecule has 0 unspecified atom stereocenters. The zero-order valence-corrected chi connectivity index (χ0v) is 14.3. The lowest BCUT2D eigenvalue weighted by molar-refractivity contribution is 1.04. The van der Waals surface area contributed by atoms with Crippen molar-refractivity contribution in [1.82, 2.24) is 9.97 Å². The van der Waals surface area contributed by atoms with Crippen LogP contribution in [0.3, 0.4) is 0 Å². The van der Waals surface area contributed by atoms with E-state index in [4.69, 9.17) is 28.2 Å². The van der Waals surface area contributed by atoms with E-state index in [1.807, 2.05) is 18.3 Å². The molecular weight excluding hydrogens is 339 g/mol. The van der Waals surface area contributed by atoms with Crippen LogP contribution in [0.2, 0.25) is 10.0 Å². The van der Waals surface area contributed by atoms with Crippen molar-refractivity contribution in [3.05, 3.63) is 88.3 Å². The van der Waals surface area contributed by atoms with Crippen molar-refractivity contribution in [2.75, 3.05) is 0 Å². The van der Waals surface area contributed by atoms with Gasteiger partial charge in [0.05, 0.1) is 10.7 Å². The van der Waals surface area contributed by atoms with Crippen LogP contribution in [0, 0.1) is 0 Å². The van der Waals surface area contributed by atoms with E-state index in [1.54, 1.807) is 6.07 Å². The molecule has 0 atom stereocenters. The van der Waals surface area contributed by atoms with Crippen molar-refractivity contribution >= 4 is 34.0 Å². The molecule has 118 valence electrons. The highest BCUT2D eigenvalue weighted by Gasteiger charge is 2.10. The average Bonchev–Trinajstić information content (AvgIpc) is 3.03. The van der Waals surface area contributed by atoms with Crippen LogP contribution in [0.1, 0.15) is 11.4 Å². The van der Waals surface area contributed by atoms with E-state index < -0.39 is 0 Å². The van der Waals surface area contributed by atoms with Crippen LogP contribution in [-0.2, 0) is 6.42 Å². The minimum atomic E-state index is 0.603. The van der Waals surface area contributed by atoms with Gasteiger partial charge in [-0.15, -0.1) is 0 Å². The summed E-state index contributed by atoms with van der Waals surface area (Å²) in [6, 6.07) is 20.2. The Kier molecular flexibility index (Phi) is 4.01. The standard InChI is InChI=1S/C20H14Cl2N2/c21-15-8-9-17(18(22)11-15)19-12-23-20(24-19)10-14-6-3-5-13-4-1-2-7-16(13)14/h1-9,11-12H,10H2,(H,23,24). The Morgan fingerprint density at radius 2 is 1.75 bits per heavy atom. The minimum Gasteiger partial charge on any atom is -0.348 e. The molecule has 0 radical (unpaired) electrons. The van der Waals surface area contributed by atoms with Gasteiger partial charge in [0.15, 0.2) is 0 Å². The summed E-state index contributed by atoms with van der Waals surface area (Å²) in [5.41, 5.74) is 2.95. The maximum atomic E-state index is 6.27. The molecule has 0 amide bonds. The number of benzene rings is 3. The van der Waals surface area contributed by atoms with E-state index in [2.05, 4.69) is 47.4 Å². The van der Waals surface area contributed by atoms with Crippen molar-refractivity contribution in [1.29, 1.82) is 0 Å². The van der Waals surface area contributed by atoms with Gasteiger partial charge in [0.25, 0.3) is 0 Å². The van der Waals surface area contributed by atoms with E-state index in [9.17, 15) is 0 Å². The first-order valence-corrected chi connectivity index (χ1v) is 8.42. The number of H-pyrrole nitrogens is 1. The van der Waals surface area contributed by atoms with Crippen molar-refractivity contribution in [2.24, 2.45) is 0 Å². The number of aromatic amines is 1. The van der Waals surface area contributed by atoms with Crippen molar-refractivity contribution in [2.45, 2.75) is 6.42 Å². The molecule has 0 fully saturated rings. The first-order valence-electron chi connectivity index (χ1n) is 7.67. The molecule has 4 aromatic rings. The Bertz CT molecular complexity index is 1020. The molecule has 1 N–H and O–H groups in total. The van der Waals surface area contributed by atoms with Gasteiger partial charge in [0, 0.05) is 23.2 Å². The predicted octanol–water partition coefficient (Wildman–Crippen LogP) is 6.13. The average molecular weight is 353 g/mol. The third-order valence-corrected chi connectivity index (χ3v) is 4.62. The lowest BCUT2D eigenvalue weighted by atomic mass is 10.0. The number of nitrogens with one attached hydrogen (secondary N) is 1. The zero-order chi connectivity index (χ0) is 16.5. The van der Waals surface area contributed by atoms with Gasteiger partial charge >= 0.3 is 0 Å². The molecule has 3 aromatic carbocycles. The van der Waals surface area contributed by atoms with Gasteiger partial charge < -0.3 is 4.98 Å². The number of hydrogen-bond acceptors (Lipinski definition) is 1. The Morgan fingerprint density at radius 3 is 2.62 bits per heavy atom. The molecule has 0 saturated heterocycles. The molecule has 0 aliphatic carbocycles. The fourth-order valence-corrected chi connectivity index (χ4v) is 3.42. The van der Waals surface area contributed by atoms with Crippen molar-refractivity contribution < 1.29 is 0 Å². The molecule has 2 nitrogen and oxygen atoms in total. The van der Waals surface area contributed by atoms with Gasteiger partial charge in [-0.2, -0.15) is 0 Å². The maximum absolute atomic E-state index is 6.27. The third-order valence-electron chi connectivity index (χ3n) is 4.08. The van der Waals surface area contributed by atoms with Gasteiger partial charge in [0.2, 0.25) is 0 Å². The van der Waals surface area contributed by atoms with Crippen LogP contribution in [0.15, 0.2) is 66.9 Å². The second kappa shape index (κ2) is 6.31. The fourth-order valence-electron chi connectivity index (χ4n) is 2.91. The van der Waals surface area contributed by atoms with Crippen LogP contribution >= 0.6 is 23.2 Å². The number of aromatic nitrogens is 2. The minimum absolute atomic E-state index is 0.603. The Balaban J connectivity index is 1.68. The summed E-state index contributed by atoms with van der Waals surface area (Å²) < 4.78 is 0. The summed E-state index contributed by atoms with van der Waals surface area (Å²) in [6.07, 6.45) is 2.63. The van der Waals surface area contributed by atoms with Gasteiger partial charge in [0.1, 0.15) is 5.82 Å². The normalized spacial score (nSPS) is 11.1. The Morgan fingerprint density at radius 1 is 0.917 bits per heavy atom. The smallest absolute Gasteiger partial charge is 0.111 e. The molecule has 24 heavy (non-hydrogen) atoms. The van der Waals surface area contributed by atoms with E-state index in [-0.39, 0.29) is 0 Å². The van der Waals surface area contributed by atoms with Crippen LogP contribution in [-0.4, -0.2) is 9.97 Å². The lowest BCUT2D eigenvalue weighted by Crippen LogP contribution is -1.92. The summed E-state index contributed by atoms with van der Waals surface area (Å²) in [6.45, 7) is 0. The zero-order valence-electron chi connectivity index (χ0n) is 12.8. The SMILES string of the molecule is Clc1ccc(-c2c[nH]c(Cc3cccc4ccccc34)n2)c(Cl)c1. The van der Waals surface area contributed by atoms with Crippen molar-refractivity contribution in [3.63, 3.8) is 0 Å². The highest BCUT2D eigenvalue weighted by atomic mass is 35.5. The molecule has 0 bridgehead atoms. The highest BCUT2D eigenvalue weighted by molar-refractivity contribution is 6.36. The molecule has 0 aliphatic heterocycles. The fraction of sp³-hybridized carbons (Fsp3) is 0.0500. The van der Waals surface area contributed by atoms with Crippen LogP contribution in [0.5, 0.6) is 0 Å². The second-order valence-corrected chi connectivity index (χ2v) is 6.52. The topological polar surface area (TPSA) is 28.7 Å². The van der Waals surface area contributed by atoms with Crippen LogP contribution < -0.4 is 0 Å². The number of fused-ring (bicyclic) bond motifs is 1. The highest BCUT2D eigenvalue weighted by Crippen LogP contribution is 2.29. The van der Waals surface area contributed by atoms with Gasteiger partial charge in [-0.1, -0.05) is 65.7 Å². The number of halogens is 2. The first-order chi connectivity index (χ1) is 11.7. The number of nitrogens with zero attached hydrogens (tertiary/aromatic N) is 1. The van der Waals surface area contributed by atoms with Gasteiger partial charge in [-0.05, 0) is 34.5 Å². The second-order valence-electron chi connectivity index (χ2n) is 5.67. The molecule has 0 saturated carbocycles. The number of rotatable bonds is 3. The molecule has 1 aromatic heterocycles. The summed E-state index contributed by atoms with van der Waals surface area (Å²) in [4.78, 5) is 7.95. The van der Waals surface area contributed by atoms with E-state index in [0.29, 0.717) is 10.0 Å².